The van der Waals surface area contributed by atoms with Gasteiger partial charge in [0.15, 0.2) is 0 Å². The van der Waals surface area contributed by atoms with Crippen LogP contribution in [0.2, 0.25) is 0 Å². The lowest BCUT2D eigenvalue weighted by Crippen LogP contribution is -2.58. The van der Waals surface area contributed by atoms with Crippen molar-refractivity contribution in [2.75, 3.05) is 6.61 Å². The molecule has 14 nitrogen and oxygen atoms in total. The number of carbonyl (C=O) groups excluding carboxylic acids is 3. The lowest BCUT2D eigenvalue weighted by Gasteiger charge is -2.23. The molecule has 0 aromatic rings. The molecule has 14 heteroatoms. The molecule has 0 bridgehead atoms. The molecule has 4 unspecified atom stereocenters. The van der Waals surface area contributed by atoms with E-state index in [0.29, 0.717) is 0 Å². The van der Waals surface area contributed by atoms with Crippen LogP contribution in [0, 0.1) is 0 Å². The largest absolute Gasteiger partial charge is 0.481 e. The second-order valence-electron chi connectivity index (χ2n) is 6.36. The average molecular weight is 434 g/mol. The molecular formula is C16H26N4O10. The van der Waals surface area contributed by atoms with E-state index in [1.54, 1.807) is 0 Å². The SMILES string of the molecule is CC(N)C(=O)NC(CCC(=O)O)C(=O)NC(CO)C(=O)NC(CCC(=O)O)C(=O)O. The number of carboxylic acids is 3. The Morgan fingerprint density at radius 3 is 1.53 bits per heavy atom. The van der Waals surface area contributed by atoms with Crippen molar-refractivity contribution < 1.29 is 49.2 Å². The standard InChI is InChI=1S/C16H26N4O10/c1-7(17)13(26)18-8(2-4-11(22)23)14(27)20-10(6-21)15(28)19-9(16(29)30)3-5-12(24)25/h7-10,21H,2-6,17H2,1H3,(H,18,26)(H,19,28)(H,20,27)(H,22,23)(H,24,25)(H,29,30). The Balaban J connectivity index is 5.18. The molecule has 0 spiro atoms. The first kappa shape index (κ1) is 26.7. The van der Waals surface area contributed by atoms with Gasteiger partial charge in [0.05, 0.1) is 12.6 Å². The minimum absolute atomic E-state index is 0.338. The first-order valence-electron chi connectivity index (χ1n) is 8.83. The Morgan fingerprint density at radius 2 is 1.13 bits per heavy atom. The van der Waals surface area contributed by atoms with Gasteiger partial charge in [0.1, 0.15) is 18.1 Å². The van der Waals surface area contributed by atoms with Crippen LogP contribution in [0.4, 0.5) is 0 Å². The lowest BCUT2D eigenvalue weighted by atomic mass is 10.1. The number of carboxylic acid groups (broad SMARTS) is 3. The van der Waals surface area contributed by atoms with Crippen molar-refractivity contribution in [3.63, 3.8) is 0 Å². The fraction of sp³-hybridized carbons (Fsp3) is 0.625. The average Bonchev–Trinajstić information content (AvgIpc) is 2.64. The number of rotatable bonds is 14. The van der Waals surface area contributed by atoms with Crippen molar-refractivity contribution in [1.29, 1.82) is 0 Å². The second kappa shape index (κ2) is 13.1. The number of hydrogen-bond donors (Lipinski definition) is 8. The van der Waals surface area contributed by atoms with Gasteiger partial charge >= 0.3 is 17.9 Å². The van der Waals surface area contributed by atoms with Gasteiger partial charge in [-0.1, -0.05) is 0 Å². The van der Waals surface area contributed by atoms with Crippen LogP contribution < -0.4 is 21.7 Å². The minimum atomic E-state index is -1.64. The number of hydrogen-bond acceptors (Lipinski definition) is 8. The van der Waals surface area contributed by atoms with Crippen LogP contribution in [-0.2, 0) is 28.8 Å². The summed E-state index contributed by atoms with van der Waals surface area (Å²) in [6, 6.07) is -5.61. The number of nitrogens with one attached hydrogen (secondary N) is 3. The van der Waals surface area contributed by atoms with Gasteiger partial charge in [-0.3, -0.25) is 24.0 Å². The van der Waals surface area contributed by atoms with Gasteiger partial charge in [-0.25, -0.2) is 4.79 Å². The highest BCUT2D eigenvalue weighted by Gasteiger charge is 2.30. The number of amides is 3. The smallest absolute Gasteiger partial charge is 0.326 e. The molecule has 4 atom stereocenters. The molecular weight excluding hydrogens is 408 g/mol. The first-order chi connectivity index (χ1) is 13.9. The van der Waals surface area contributed by atoms with Crippen LogP contribution in [-0.4, -0.2) is 86.8 Å². The second-order valence-corrected chi connectivity index (χ2v) is 6.36. The zero-order valence-corrected chi connectivity index (χ0v) is 16.2. The maximum absolute atomic E-state index is 12.4. The number of aliphatic hydroxyl groups excluding tert-OH is 1. The van der Waals surface area contributed by atoms with E-state index in [9.17, 15) is 33.9 Å². The number of nitrogens with two attached hydrogens (primary N) is 1. The Bertz CT molecular complexity index is 666. The summed E-state index contributed by atoms with van der Waals surface area (Å²) >= 11 is 0. The molecule has 170 valence electrons. The van der Waals surface area contributed by atoms with Gasteiger partial charge in [0, 0.05) is 12.8 Å². The summed E-state index contributed by atoms with van der Waals surface area (Å²) in [4.78, 5) is 68.8. The predicted molar refractivity (Wildman–Crippen MR) is 97.9 cm³/mol. The quantitative estimate of drug-likeness (QED) is 0.134. The summed E-state index contributed by atoms with van der Waals surface area (Å²) in [5, 5.41) is 42.1. The van der Waals surface area contributed by atoms with Crippen LogP contribution in [0.3, 0.4) is 0 Å². The van der Waals surface area contributed by atoms with Crippen LogP contribution in [0.15, 0.2) is 0 Å². The van der Waals surface area contributed by atoms with E-state index >= 15 is 0 Å². The van der Waals surface area contributed by atoms with Gasteiger partial charge in [0.2, 0.25) is 17.7 Å². The summed E-state index contributed by atoms with van der Waals surface area (Å²) in [5.41, 5.74) is 5.39. The number of aliphatic carboxylic acids is 3. The van der Waals surface area contributed by atoms with E-state index in [4.69, 9.17) is 21.1 Å². The van der Waals surface area contributed by atoms with Crippen LogP contribution in [0.5, 0.6) is 0 Å². The zero-order valence-electron chi connectivity index (χ0n) is 16.2. The molecule has 0 fully saturated rings. The zero-order chi connectivity index (χ0) is 23.4. The van der Waals surface area contributed by atoms with E-state index in [-0.39, 0.29) is 6.42 Å². The third-order valence-electron chi connectivity index (χ3n) is 3.77. The molecule has 0 aromatic carbocycles. The maximum Gasteiger partial charge on any atom is 0.326 e. The highest BCUT2D eigenvalue weighted by atomic mass is 16.4. The van der Waals surface area contributed by atoms with Gasteiger partial charge in [-0.15, -0.1) is 0 Å². The van der Waals surface area contributed by atoms with E-state index in [1.165, 1.54) is 6.92 Å². The number of aliphatic hydroxyl groups is 1. The minimum Gasteiger partial charge on any atom is -0.481 e. The number of carbonyl (C=O) groups is 6. The van der Waals surface area contributed by atoms with E-state index in [0.717, 1.165) is 0 Å². The molecule has 3 amide bonds. The molecule has 0 aliphatic rings. The monoisotopic (exact) mass is 434 g/mol. The Kier molecular flexibility index (Phi) is 11.6. The fourth-order valence-corrected chi connectivity index (χ4v) is 2.10. The van der Waals surface area contributed by atoms with Crippen molar-refractivity contribution in [1.82, 2.24) is 16.0 Å². The molecule has 0 heterocycles. The molecule has 0 rings (SSSR count). The van der Waals surface area contributed by atoms with Crippen molar-refractivity contribution >= 4 is 35.6 Å². The third-order valence-corrected chi connectivity index (χ3v) is 3.77. The molecule has 0 saturated heterocycles. The third kappa shape index (κ3) is 10.3. The Hall–Kier alpha value is -3.26. The van der Waals surface area contributed by atoms with Crippen molar-refractivity contribution in [3.05, 3.63) is 0 Å². The Morgan fingerprint density at radius 1 is 0.733 bits per heavy atom. The topological polar surface area (TPSA) is 245 Å². The van der Waals surface area contributed by atoms with Gasteiger partial charge in [0.25, 0.3) is 0 Å². The molecule has 0 aliphatic heterocycles. The van der Waals surface area contributed by atoms with Gasteiger partial charge < -0.3 is 42.1 Å². The first-order valence-corrected chi connectivity index (χ1v) is 8.83. The predicted octanol–water partition coefficient (Wildman–Crippen LogP) is -3.41. The van der Waals surface area contributed by atoms with E-state index in [2.05, 4.69) is 10.6 Å². The highest BCUT2D eigenvalue weighted by Crippen LogP contribution is 2.02. The highest BCUT2D eigenvalue weighted by molar-refractivity contribution is 5.94. The van der Waals surface area contributed by atoms with Crippen LogP contribution in [0.1, 0.15) is 32.6 Å². The van der Waals surface area contributed by atoms with Crippen molar-refractivity contribution in [2.45, 2.75) is 56.8 Å². The molecule has 0 aromatic heterocycles. The summed E-state index contributed by atoms with van der Waals surface area (Å²) in [7, 11) is 0. The molecule has 0 saturated carbocycles. The van der Waals surface area contributed by atoms with Gasteiger partial charge in [-0.05, 0) is 19.8 Å². The fourth-order valence-electron chi connectivity index (χ4n) is 2.10. The molecule has 0 radical (unpaired) electrons. The molecule has 0 aliphatic carbocycles. The summed E-state index contributed by atoms with van der Waals surface area (Å²) in [6.45, 7) is 0.379. The van der Waals surface area contributed by atoms with E-state index < -0.39 is 85.7 Å². The summed E-state index contributed by atoms with van der Waals surface area (Å²) in [5.74, 6) is -6.92. The summed E-state index contributed by atoms with van der Waals surface area (Å²) < 4.78 is 0. The van der Waals surface area contributed by atoms with Crippen molar-refractivity contribution in [3.8, 4) is 0 Å². The molecule has 30 heavy (non-hydrogen) atoms. The Labute approximate surface area is 170 Å². The molecule has 9 N–H and O–H groups in total. The van der Waals surface area contributed by atoms with Crippen molar-refractivity contribution in [2.24, 2.45) is 5.73 Å². The van der Waals surface area contributed by atoms with E-state index in [1.807, 2.05) is 5.32 Å². The normalized spacial score (nSPS) is 14.5. The maximum atomic E-state index is 12.4. The van der Waals surface area contributed by atoms with Crippen LogP contribution >= 0.6 is 0 Å². The van der Waals surface area contributed by atoms with Gasteiger partial charge in [-0.2, -0.15) is 0 Å². The van der Waals surface area contributed by atoms with Crippen LogP contribution in [0.25, 0.3) is 0 Å². The summed E-state index contributed by atoms with van der Waals surface area (Å²) in [6.07, 6.45) is -1.82. The lowest BCUT2D eigenvalue weighted by molar-refractivity contribution is -0.143.